The monoisotopic (exact) mass is 248 g/mol. The van der Waals surface area contributed by atoms with E-state index in [0.29, 0.717) is 13.2 Å². The summed E-state index contributed by atoms with van der Waals surface area (Å²) >= 11 is 1.61. The number of benzene rings is 1. The Balaban J connectivity index is 2.17. The van der Waals surface area contributed by atoms with Crippen molar-refractivity contribution in [2.45, 2.75) is 19.9 Å². The maximum Gasteiger partial charge on any atom is 0.122 e. The van der Waals surface area contributed by atoms with Crippen molar-refractivity contribution in [1.82, 2.24) is 4.98 Å². The quantitative estimate of drug-likeness (QED) is 0.884. The molecule has 1 aromatic carbocycles. The van der Waals surface area contributed by atoms with Gasteiger partial charge >= 0.3 is 0 Å². The van der Waals surface area contributed by atoms with Crippen LogP contribution in [-0.4, -0.2) is 11.6 Å². The van der Waals surface area contributed by atoms with E-state index < -0.39 is 0 Å². The second-order valence-corrected chi connectivity index (χ2v) is 4.60. The van der Waals surface area contributed by atoms with Crippen LogP contribution in [0.3, 0.4) is 0 Å². The van der Waals surface area contributed by atoms with E-state index in [1.54, 1.807) is 11.3 Å². The van der Waals surface area contributed by atoms with Crippen LogP contribution < -0.4 is 10.5 Å². The fourth-order valence-corrected chi connectivity index (χ4v) is 2.34. The van der Waals surface area contributed by atoms with Gasteiger partial charge in [0, 0.05) is 23.9 Å². The molecule has 2 aromatic rings. The number of aromatic nitrogens is 1. The molecule has 0 fully saturated rings. The van der Waals surface area contributed by atoms with Crippen LogP contribution in [0.15, 0.2) is 29.6 Å². The number of ether oxygens (including phenoxy) is 1. The molecule has 0 spiro atoms. The first kappa shape index (κ1) is 12.1. The smallest absolute Gasteiger partial charge is 0.122 e. The lowest BCUT2D eigenvalue weighted by Gasteiger charge is -2.08. The molecule has 0 amide bonds. The standard InChI is InChI=1S/C13H16N2OS/c1-2-16-12-6-4-3-5-10(12)7-11-9-17-13(8-14)15-11/h3-6,9H,2,7-8,14H2,1H3. The maximum absolute atomic E-state index is 5.59. The van der Waals surface area contributed by atoms with E-state index in [-0.39, 0.29) is 0 Å². The Morgan fingerprint density at radius 1 is 1.35 bits per heavy atom. The molecule has 0 aliphatic heterocycles. The van der Waals surface area contributed by atoms with Crippen molar-refractivity contribution in [3.63, 3.8) is 0 Å². The summed E-state index contributed by atoms with van der Waals surface area (Å²) in [5, 5.41) is 3.04. The minimum atomic E-state index is 0.512. The third kappa shape index (κ3) is 3.05. The molecule has 4 heteroatoms. The molecule has 0 aliphatic carbocycles. The van der Waals surface area contributed by atoms with Gasteiger partial charge in [-0.15, -0.1) is 11.3 Å². The van der Waals surface area contributed by atoms with E-state index >= 15 is 0 Å². The number of nitrogens with zero attached hydrogens (tertiary/aromatic N) is 1. The van der Waals surface area contributed by atoms with Crippen LogP contribution in [0, 0.1) is 0 Å². The van der Waals surface area contributed by atoms with Gasteiger partial charge in [-0.3, -0.25) is 0 Å². The first-order valence-electron chi connectivity index (χ1n) is 5.67. The number of para-hydroxylation sites is 1. The number of hydrogen-bond donors (Lipinski definition) is 1. The molecule has 0 saturated heterocycles. The van der Waals surface area contributed by atoms with Crippen LogP contribution in [0.25, 0.3) is 0 Å². The predicted octanol–water partition coefficient (Wildman–Crippen LogP) is 2.59. The van der Waals surface area contributed by atoms with Crippen molar-refractivity contribution in [2.24, 2.45) is 5.73 Å². The van der Waals surface area contributed by atoms with E-state index in [1.165, 1.54) is 5.56 Å². The summed E-state index contributed by atoms with van der Waals surface area (Å²) in [6.07, 6.45) is 0.798. The first-order valence-corrected chi connectivity index (χ1v) is 6.55. The molecule has 1 heterocycles. The zero-order valence-electron chi connectivity index (χ0n) is 9.85. The summed E-state index contributed by atoms with van der Waals surface area (Å²) in [5.74, 6) is 0.942. The molecule has 1 aromatic heterocycles. The molecule has 0 saturated carbocycles. The second kappa shape index (κ2) is 5.80. The topological polar surface area (TPSA) is 48.1 Å². The van der Waals surface area contributed by atoms with Crippen molar-refractivity contribution >= 4 is 11.3 Å². The number of thiazole rings is 1. The zero-order chi connectivity index (χ0) is 12.1. The molecule has 3 nitrogen and oxygen atoms in total. The van der Waals surface area contributed by atoms with Gasteiger partial charge in [-0.05, 0) is 13.0 Å². The minimum Gasteiger partial charge on any atom is -0.494 e. The van der Waals surface area contributed by atoms with Crippen LogP contribution in [0.4, 0.5) is 0 Å². The summed E-state index contributed by atoms with van der Waals surface area (Å²) < 4.78 is 5.59. The van der Waals surface area contributed by atoms with Crippen molar-refractivity contribution in [3.05, 3.63) is 45.9 Å². The Morgan fingerprint density at radius 2 is 2.18 bits per heavy atom. The van der Waals surface area contributed by atoms with E-state index in [0.717, 1.165) is 22.9 Å². The van der Waals surface area contributed by atoms with Crippen LogP contribution in [0.1, 0.15) is 23.2 Å². The SMILES string of the molecule is CCOc1ccccc1Cc1csc(CN)n1. The third-order valence-electron chi connectivity index (χ3n) is 2.42. The largest absolute Gasteiger partial charge is 0.494 e. The van der Waals surface area contributed by atoms with E-state index in [9.17, 15) is 0 Å². The van der Waals surface area contributed by atoms with Gasteiger partial charge < -0.3 is 10.5 Å². The van der Waals surface area contributed by atoms with Gasteiger partial charge in [0.2, 0.25) is 0 Å². The van der Waals surface area contributed by atoms with Gasteiger partial charge in [-0.25, -0.2) is 4.98 Å². The fraction of sp³-hybridized carbons (Fsp3) is 0.308. The molecular weight excluding hydrogens is 232 g/mol. The molecule has 90 valence electrons. The lowest BCUT2D eigenvalue weighted by atomic mass is 10.1. The second-order valence-electron chi connectivity index (χ2n) is 3.65. The van der Waals surface area contributed by atoms with Crippen LogP contribution in [-0.2, 0) is 13.0 Å². The van der Waals surface area contributed by atoms with Crippen LogP contribution in [0.5, 0.6) is 5.75 Å². The van der Waals surface area contributed by atoms with Gasteiger partial charge in [0.05, 0.1) is 12.3 Å². The molecule has 0 bridgehead atoms. The van der Waals surface area contributed by atoms with Gasteiger partial charge in [-0.2, -0.15) is 0 Å². The summed E-state index contributed by atoms with van der Waals surface area (Å²) in [7, 11) is 0. The van der Waals surface area contributed by atoms with Crippen LogP contribution in [0.2, 0.25) is 0 Å². The van der Waals surface area contributed by atoms with E-state index in [4.69, 9.17) is 10.5 Å². The van der Waals surface area contributed by atoms with Crippen molar-refractivity contribution in [1.29, 1.82) is 0 Å². The number of nitrogens with two attached hydrogens (primary N) is 1. The molecule has 2 rings (SSSR count). The number of hydrogen-bond acceptors (Lipinski definition) is 4. The van der Waals surface area contributed by atoms with Crippen LogP contribution >= 0.6 is 11.3 Å². The highest BCUT2D eigenvalue weighted by Crippen LogP contribution is 2.22. The highest BCUT2D eigenvalue weighted by molar-refractivity contribution is 7.09. The molecule has 17 heavy (non-hydrogen) atoms. The highest BCUT2D eigenvalue weighted by Gasteiger charge is 2.06. The molecule has 0 radical (unpaired) electrons. The Bertz CT molecular complexity index is 482. The Kier molecular flexibility index (Phi) is 4.12. The summed E-state index contributed by atoms with van der Waals surface area (Å²) in [6.45, 7) is 3.19. The summed E-state index contributed by atoms with van der Waals surface area (Å²) in [6, 6.07) is 8.08. The van der Waals surface area contributed by atoms with E-state index in [1.807, 2.05) is 25.1 Å². The normalized spacial score (nSPS) is 10.5. The maximum atomic E-state index is 5.59. The highest BCUT2D eigenvalue weighted by atomic mass is 32.1. The average molecular weight is 248 g/mol. The lowest BCUT2D eigenvalue weighted by Crippen LogP contribution is -1.99. The first-order chi connectivity index (χ1) is 8.33. The van der Waals surface area contributed by atoms with Gasteiger partial charge in [0.15, 0.2) is 0 Å². The van der Waals surface area contributed by atoms with Gasteiger partial charge in [-0.1, -0.05) is 18.2 Å². The van der Waals surface area contributed by atoms with Crippen molar-refractivity contribution in [2.75, 3.05) is 6.61 Å². The summed E-state index contributed by atoms with van der Waals surface area (Å²) in [4.78, 5) is 4.46. The summed E-state index contributed by atoms with van der Waals surface area (Å²) in [5.41, 5.74) is 7.78. The molecule has 0 aliphatic rings. The number of rotatable bonds is 5. The van der Waals surface area contributed by atoms with Crippen molar-refractivity contribution in [3.8, 4) is 5.75 Å². The average Bonchev–Trinajstić information content (AvgIpc) is 2.80. The third-order valence-corrected chi connectivity index (χ3v) is 3.34. The molecule has 2 N–H and O–H groups in total. The zero-order valence-corrected chi connectivity index (χ0v) is 10.7. The predicted molar refractivity (Wildman–Crippen MR) is 70.4 cm³/mol. The van der Waals surface area contributed by atoms with E-state index in [2.05, 4.69) is 16.4 Å². The Labute approximate surface area is 105 Å². The van der Waals surface area contributed by atoms with Gasteiger partial charge in [0.1, 0.15) is 10.8 Å². The molecule has 0 unspecified atom stereocenters. The minimum absolute atomic E-state index is 0.512. The van der Waals surface area contributed by atoms with Gasteiger partial charge in [0.25, 0.3) is 0 Å². The molecular formula is C13H16N2OS. The Hall–Kier alpha value is -1.39. The lowest BCUT2D eigenvalue weighted by molar-refractivity contribution is 0.337. The Morgan fingerprint density at radius 3 is 2.88 bits per heavy atom. The molecule has 0 atom stereocenters. The fourth-order valence-electron chi connectivity index (χ4n) is 1.67. The van der Waals surface area contributed by atoms with Crippen molar-refractivity contribution < 1.29 is 4.74 Å².